The highest BCUT2D eigenvalue weighted by Gasteiger charge is 2.16. The first-order chi connectivity index (χ1) is 7.50. The van der Waals surface area contributed by atoms with Crippen LogP contribution < -0.4 is 5.73 Å². The van der Waals surface area contributed by atoms with E-state index in [1.165, 1.54) is 6.07 Å². The summed E-state index contributed by atoms with van der Waals surface area (Å²) in [7, 11) is 0. The van der Waals surface area contributed by atoms with E-state index in [2.05, 4.69) is 4.98 Å². The Balaban J connectivity index is 2.93. The average molecular weight is 221 g/mol. The van der Waals surface area contributed by atoms with E-state index in [9.17, 15) is 14.5 Å². The number of nitrogens with zero attached hydrogens (tertiary/aromatic N) is 2. The molecule has 0 amide bonds. The van der Waals surface area contributed by atoms with Crippen molar-refractivity contribution in [3.05, 3.63) is 39.7 Å². The zero-order chi connectivity index (χ0) is 11.9. The van der Waals surface area contributed by atoms with Gasteiger partial charge >= 0.3 is 0 Å². The van der Waals surface area contributed by atoms with Crippen LogP contribution in [0.1, 0.15) is 5.56 Å². The summed E-state index contributed by atoms with van der Waals surface area (Å²) < 4.78 is 13.4. The Labute approximate surface area is 89.9 Å². The van der Waals surface area contributed by atoms with Gasteiger partial charge in [0.2, 0.25) is 0 Å². The summed E-state index contributed by atoms with van der Waals surface area (Å²) in [6.45, 7) is 1.66. The van der Waals surface area contributed by atoms with E-state index in [4.69, 9.17) is 5.73 Å². The highest BCUT2D eigenvalue weighted by Crippen LogP contribution is 2.28. The van der Waals surface area contributed by atoms with Crippen LogP contribution in [-0.2, 0) is 0 Å². The molecule has 0 saturated carbocycles. The first-order valence-corrected chi connectivity index (χ1v) is 4.50. The highest BCUT2D eigenvalue weighted by molar-refractivity contribution is 5.90. The van der Waals surface area contributed by atoms with Crippen LogP contribution in [-0.4, -0.2) is 9.91 Å². The maximum absolute atomic E-state index is 13.4. The Hall–Kier alpha value is -2.24. The number of nitrogens with two attached hydrogens (primary N) is 1. The van der Waals surface area contributed by atoms with E-state index < -0.39 is 10.7 Å². The number of halogens is 1. The molecule has 6 heteroatoms. The molecular formula is C10H8FN3O2. The molecule has 2 aromatic rings. The molecule has 0 aliphatic heterocycles. The molecule has 0 bridgehead atoms. The zero-order valence-electron chi connectivity index (χ0n) is 8.40. The number of benzene rings is 1. The number of non-ortho nitro benzene ring substituents is 1. The van der Waals surface area contributed by atoms with Crippen LogP contribution in [0.4, 0.5) is 15.9 Å². The number of aromatic nitrogens is 1. The lowest BCUT2D eigenvalue weighted by molar-refractivity contribution is -0.383. The van der Waals surface area contributed by atoms with Crippen molar-refractivity contribution in [2.24, 2.45) is 0 Å². The normalized spacial score (nSPS) is 10.6. The van der Waals surface area contributed by atoms with E-state index in [0.29, 0.717) is 5.56 Å². The Morgan fingerprint density at radius 3 is 2.81 bits per heavy atom. The summed E-state index contributed by atoms with van der Waals surface area (Å²) in [5, 5.41) is 10.9. The van der Waals surface area contributed by atoms with Gasteiger partial charge in [-0.15, -0.1) is 0 Å². The lowest BCUT2D eigenvalue weighted by Crippen LogP contribution is -1.98. The second-order valence-corrected chi connectivity index (χ2v) is 3.41. The predicted octanol–water partition coefficient (Wildman–Crippen LogP) is 2.17. The summed E-state index contributed by atoms with van der Waals surface area (Å²) in [6.07, 6.45) is 0. The molecule has 5 nitrogen and oxygen atoms in total. The minimum absolute atomic E-state index is 0.0719. The van der Waals surface area contributed by atoms with Crippen molar-refractivity contribution >= 4 is 22.4 Å². The summed E-state index contributed by atoms with van der Waals surface area (Å²) in [5.41, 5.74) is 5.87. The SMILES string of the molecule is Cc1cc2c([N+](=O)[O-])ccc(F)c2nc1N. The van der Waals surface area contributed by atoms with Gasteiger partial charge in [-0.05, 0) is 24.6 Å². The molecule has 2 N–H and O–H groups in total. The van der Waals surface area contributed by atoms with Crippen LogP contribution in [0.2, 0.25) is 0 Å². The van der Waals surface area contributed by atoms with Crippen molar-refractivity contribution in [2.75, 3.05) is 5.73 Å². The van der Waals surface area contributed by atoms with Crippen LogP contribution in [0.15, 0.2) is 18.2 Å². The largest absolute Gasteiger partial charge is 0.383 e. The van der Waals surface area contributed by atoms with E-state index >= 15 is 0 Å². The van der Waals surface area contributed by atoms with Crippen molar-refractivity contribution < 1.29 is 9.31 Å². The fourth-order valence-corrected chi connectivity index (χ4v) is 1.48. The maximum Gasteiger partial charge on any atom is 0.278 e. The zero-order valence-corrected chi connectivity index (χ0v) is 8.40. The minimum atomic E-state index is -0.618. The topological polar surface area (TPSA) is 82.0 Å². The van der Waals surface area contributed by atoms with Crippen LogP contribution in [0, 0.1) is 22.9 Å². The Morgan fingerprint density at radius 1 is 1.50 bits per heavy atom. The number of anilines is 1. The third-order valence-electron chi connectivity index (χ3n) is 2.34. The molecule has 0 spiro atoms. The standard InChI is InChI=1S/C10H8FN3O2/c1-5-4-6-8(14(15)16)3-2-7(11)9(6)13-10(5)12/h2-4H,1H3,(H2,12,13). The lowest BCUT2D eigenvalue weighted by atomic mass is 10.1. The number of rotatable bonds is 1. The van der Waals surface area contributed by atoms with Gasteiger partial charge in [0.1, 0.15) is 17.2 Å². The summed E-state index contributed by atoms with van der Waals surface area (Å²) >= 11 is 0. The summed E-state index contributed by atoms with van der Waals surface area (Å²) in [6, 6.07) is 3.61. The van der Waals surface area contributed by atoms with Gasteiger partial charge < -0.3 is 5.73 Å². The molecule has 16 heavy (non-hydrogen) atoms. The molecule has 0 aliphatic carbocycles. The van der Waals surface area contributed by atoms with Crippen LogP contribution in [0.3, 0.4) is 0 Å². The number of aryl methyl sites for hydroxylation is 1. The molecule has 82 valence electrons. The second-order valence-electron chi connectivity index (χ2n) is 3.41. The van der Waals surface area contributed by atoms with Gasteiger partial charge in [0.15, 0.2) is 0 Å². The quantitative estimate of drug-likeness (QED) is 0.591. The number of hydrogen-bond acceptors (Lipinski definition) is 4. The van der Waals surface area contributed by atoms with Crippen molar-refractivity contribution in [3.8, 4) is 0 Å². The molecular weight excluding hydrogens is 213 g/mol. The van der Waals surface area contributed by atoms with Crippen LogP contribution in [0.25, 0.3) is 10.9 Å². The van der Waals surface area contributed by atoms with Crippen molar-refractivity contribution in [3.63, 3.8) is 0 Å². The molecule has 2 rings (SSSR count). The maximum atomic E-state index is 13.4. The van der Waals surface area contributed by atoms with E-state index in [-0.39, 0.29) is 22.4 Å². The van der Waals surface area contributed by atoms with Gasteiger partial charge in [-0.2, -0.15) is 0 Å². The molecule has 0 unspecified atom stereocenters. The fourth-order valence-electron chi connectivity index (χ4n) is 1.48. The van der Waals surface area contributed by atoms with Crippen molar-refractivity contribution in [2.45, 2.75) is 6.92 Å². The first kappa shape index (κ1) is 10.3. The fraction of sp³-hybridized carbons (Fsp3) is 0.100. The molecule has 0 aliphatic rings. The minimum Gasteiger partial charge on any atom is -0.383 e. The van der Waals surface area contributed by atoms with Gasteiger partial charge in [0, 0.05) is 6.07 Å². The number of nitrogen functional groups attached to an aromatic ring is 1. The first-order valence-electron chi connectivity index (χ1n) is 4.50. The molecule has 0 atom stereocenters. The van der Waals surface area contributed by atoms with Gasteiger partial charge in [-0.25, -0.2) is 9.37 Å². The smallest absolute Gasteiger partial charge is 0.278 e. The number of nitro groups is 1. The van der Waals surface area contributed by atoms with Crippen LogP contribution >= 0.6 is 0 Å². The van der Waals surface area contributed by atoms with Crippen molar-refractivity contribution in [1.29, 1.82) is 0 Å². The Kier molecular flexibility index (Phi) is 2.19. The average Bonchev–Trinajstić information content (AvgIpc) is 2.21. The highest BCUT2D eigenvalue weighted by atomic mass is 19.1. The van der Waals surface area contributed by atoms with Gasteiger partial charge in [0.25, 0.3) is 5.69 Å². The predicted molar refractivity (Wildman–Crippen MR) is 57.5 cm³/mol. The third-order valence-corrected chi connectivity index (χ3v) is 2.34. The number of pyridine rings is 1. The Bertz CT molecular complexity index is 598. The van der Waals surface area contributed by atoms with Gasteiger partial charge in [0.05, 0.1) is 10.3 Å². The molecule has 1 heterocycles. The van der Waals surface area contributed by atoms with E-state index in [1.807, 2.05) is 0 Å². The number of fused-ring (bicyclic) bond motifs is 1. The van der Waals surface area contributed by atoms with Gasteiger partial charge in [-0.3, -0.25) is 10.1 Å². The van der Waals surface area contributed by atoms with E-state index in [0.717, 1.165) is 12.1 Å². The second kappa shape index (κ2) is 3.41. The molecule has 0 fully saturated rings. The van der Waals surface area contributed by atoms with E-state index in [1.54, 1.807) is 6.92 Å². The molecule has 1 aromatic carbocycles. The summed E-state index contributed by atoms with van der Waals surface area (Å²) in [5.74, 6) is -0.445. The molecule has 0 radical (unpaired) electrons. The monoisotopic (exact) mass is 221 g/mol. The summed E-state index contributed by atoms with van der Waals surface area (Å²) in [4.78, 5) is 14.0. The van der Waals surface area contributed by atoms with Gasteiger partial charge in [-0.1, -0.05) is 0 Å². The van der Waals surface area contributed by atoms with Crippen molar-refractivity contribution in [1.82, 2.24) is 4.98 Å². The number of hydrogen-bond donors (Lipinski definition) is 1. The lowest BCUT2D eigenvalue weighted by Gasteiger charge is -2.04. The molecule has 1 aromatic heterocycles. The Morgan fingerprint density at radius 2 is 2.19 bits per heavy atom. The molecule has 0 saturated heterocycles. The van der Waals surface area contributed by atoms with Crippen LogP contribution in [0.5, 0.6) is 0 Å². The number of nitro benzene ring substituents is 1. The third kappa shape index (κ3) is 1.44.